The van der Waals surface area contributed by atoms with E-state index in [9.17, 15) is 23.1 Å². The zero-order chi connectivity index (χ0) is 33.3. The van der Waals surface area contributed by atoms with Gasteiger partial charge in [-0.2, -0.15) is 4.31 Å². The minimum absolute atomic E-state index is 0.102. The van der Waals surface area contributed by atoms with Gasteiger partial charge in [0.2, 0.25) is 5.91 Å². The number of rotatable bonds is 9. The molecule has 0 unspecified atom stereocenters. The van der Waals surface area contributed by atoms with Crippen LogP contribution in [0.1, 0.15) is 56.0 Å². The number of fused-ring (bicyclic) bond motifs is 1. The molecular formula is C34H45N3O7S2. The minimum atomic E-state index is -3.71. The van der Waals surface area contributed by atoms with Crippen molar-refractivity contribution in [2.45, 2.75) is 68.9 Å². The van der Waals surface area contributed by atoms with E-state index in [2.05, 4.69) is 5.32 Å². The average Bonchev–Trinajstić information content (AvgIpc) is 3.59. The molecule has 1 aliphatic rings. The van der Waals surface area contributed by atoms with Gasteiger partial charge in [0, 0.05) is 38.3 Å². The Bertz CT molecular complexity index is 1530. The van der Waals surface area contributed by atoms with Gasteiger partial charge in [0.1, 0.15) is 9.96 Å². The van der Waals surface area contributed by atoms with E-state index < -0.39 is 22.2 Å². The summed E-state index contributed by atoms with van der Waals surface area (Å²) in [6.07, 6.45) is 1.76. The Morgan fingerprint density at radius 2 is 1.89 bits per heavy atom. The zero-order valence-corrected chi connectivity index (χ0v) is 28.6. The van der Waals surface area contributed by atoms with Gasteiger partial charge >= 0.3 is 0 Å². The van der Waals surface area contributed by atoms with Crippen LogP contribution in [0, 0.1) is 5.92 Å². The Hall–Kier alpha value is -3.29. The lowest BCUT2D eigenvalue weighted by atomic mass is 10.0. The predicted molar refractivity (Wildman–Crippen MR) is 180 cm³/mol. The Morgan fingerprint density at radius 1 is 1.13 bits per heavy atom. The summed E-state index contributed by atoms with van der Waals surface area (Å²) in [6.45, 7) is 6.07. The molecule has 2 heterocycles. The number of aliphatic hydroxyl groups is 1. The number of sulfonamides is 1. The first-order valence-electron chi connectivity index (χ1n) is 15.7. The number of nitrogens with one attached hydrogen (secondary N) is 1. The molecule has 2 aromatic carbocycles. The maximum absolute atomic E-state index is 14.3. The van der Waals surface area contributed by atoms with E-state index in [0.717, 1.165) is 36.2 Å². The molecule has 0 spiro atoms. The third-order valence-corrected chi connectivity index (χ3v) is 11.3. The van der Waals surface area contributed by atoms with Crippen molar-refractivity contribution < 1.29 is 32.6 Å². The molecule has 1 aromatic heterocycles. The summed E-state index contributed by atoms with van der Waals surface area (Å²) in [5.74, 6) is -0.485. The standard InChI is InChI=1S/C34H45N3O7S2/c1-24-21-37(25(2)23-38)34(40)29-20-28(35-32(39)19-27-12-6-5-7-13-27)15-16-30(29)44-26(3)11-8-9-17-43-31(24)22-36(4)46(41,42)33-14-10-18-45-33/h5-7,10,12-16,18,20,24-26,31,38H,8-9,11,17,19,21-23H2,1-4H3,(H,35,39)/t24-,25+,26-,31+/m1/s1. The van der Waals surface area contributed by atoms with Gasteiger partial charge in [-0.15, -0.1) is 11.3 Å². The number of benzene rings is 2. The monoisotopic (exact) mass is 671 g/mol. The SMILES string of the molecule is C[C@@H]1CCCCO[C@@H](CN(C)S(=O)(=O)c2cccs2)[C@H](C)CN([C@@H](C)CO)C(=O)c2cc(NC(=O)Cc3ccccc3)ccc2O1. The van der Waals surface area contributed by atoms with Crippen LogP contribution in [0.5, 0.6) is 5.75 Å². The molecule has 0 aliphatic carbocycles. The van der Waals surface area contributed by atoms with Crippen LogP contribution in [0.2, 0.25) is 0 Å². The molecule has 0 radical (unpaired) electrons. The van der Waals surface area contributed by atoms with Crippen molar-refractivity contribution >= 4 is 38.9 Å². The van der Waals surface area contributed by atoms with E-state index in [1.165, 1.54) is 4.31 Å². The first-order chi connectivity index (χ1) is 22.0. The molecule has 0 bridgehead atoms. The number of carbonyl (C=O) groups excluding carboxylic acids is 2. The molecule has 2 amide bonds. The van der Waals surface area contributed by atoms with Crippen molar-refractivity contribution in [3.63, 3.8) is 0 Å². The Labute approximate surface area is 276 Å². The molecule has 0 fully saturated rings. The molecule has 0 saturated heterocycles. The number of thiophene rings is 1. The summed E-state index contributed by atoms with van der Waals surface area (Å²) in [5.41, 5.74) is 1.59. The largest absolute Gasteiger partial charge is 0.490 e. The summed E-state index contributed by atoms with van der Waals surface area (Å²) in [6, 6.07) is 17.2. The van der Waals surface area contributed by atoms with Gasteiger partial charge < -0.3 is 24.8 Å². The predicted octanol–water partition coefficient (Wildman–Crippen LogP) is 5.05. The van der Waals surface area contributed by atoms with Crippen LogP contribution in [0.15, 0.2) is 70.3 Å². The fraction of sp³-hybridized carbons (Fsp3) is 0.471. The molecule has 4 rings (SSSR count). The van der Waals surface area contributed by atoms with Gasteiger partial charge in [0.05, 0.1) is 36.8 Å². The minimum Gasteiger partial charge on any atom is -0.490 e. The van der Waals surface area contributed by atoms with Crippen LogP contribution in [0.4, 0.5) is 5.69 Å². The van der Waals surface area contributed by atoms with Gasteiger partial charge in [-0.05, 0) is 68.3 Å². The van der Waals surface area contributed by atoms with Crippen molar-refractivity contribution in [2.75, 3.05) is 38.7 Å². The quantitative estimate of drug-likeness (QED) is 0.326. The summed E-state index contributed by atoms with van der Waals surface area (Å²) >= 11 is 1.16. The van der Waals surface area contributed by atoms with Gasteiger partial charge in [-0.25, -0.2) is 8.42 Å². The molecule has 4 atom stereocenters. The van der Waals surface area contributed by atoms with Crippen LogP contribution in [-0.2, 0) is 26.0 Å². The number of carbonyl (C=O) groups is 2. The van der Waals surface area contributed by atoms with E-state index in [-0.39, 0.29) is 59.7 Å². The van der Waals surface area contributed by atoms with E-state index in [1.807, 2.05) is 44.2 Å². The maximum atomic E-state index is 14.3. The van der Waals surface area contributed by atoms with Gasteiger partial charge in [-0.3, -0.25) is 9.59 Å². The number of ether oxygens (including phenoxy) is 2. The summed E-state index contributed by atoms with van der Waals surface area (Å²) in [7, 11) is -2.17. The topological polar surface area (TPSA) is 125 Å². The highest BCUT2D eigenvalue weighted by atomic mass is 32.2. The van der Waals surface area contributed by atoms with Gasteiger partial charge in [-0.1, -0.05) is 43.3 Å². The number of nitrogens with zero attached hydrogens (tertiary/aromatic N) is 2. The lowest BCUT2D eigenvalue weighted by Crippen LogP contribution is -2.48. The number of anilines is 1. The number of aliphatic hydroxyl groups excluding tert-OH is 1. The van der Waals surface area contributed by atoms with Crippen LogP contribution in [0.25, 0.3) is 0 Å². The zero-order valence-electron chi connectivity index (χ0n) is 26.9. The average molecular weight is 672 g/mol. The lowest BCUT2D eigenvalue weighted by molar-refractivity contribution is -0.115. The molecule has 46 heavy (non-hydrogen) atoms. The molecule has 1 aliphatic heterocycles. The van der Waals surface area contributed by atoms with Crippen LogP contribution < -0.4 is 10.1 Å². The Kier molecular flexibility index (Phi) is 12.8. The van der Waals surface area contributed by atoms with Gasteiger partial charge in [0.15, 0.2) is 0 Å². The molecule has 12 heteroatoms. The lowest BCUT2D eigenvalue weighted by Gasteiger charge is -2.35. The first kappa shape index (κ1) is 35.6. The first-order valence-corrected chi connectivity index (χ1v) is 18.0. The molecular weight excluding hydrogens is 627 g/mol. The third kappa shape index (κ3) is 9.38. The second kappa shape index (κ2) is 16.5. The maximum Gasteiger partial charge on any atom is 0.258 e. The highest BCUT2D eigenvalue weighted by Gasteiger charge is 2.32. The fourth-order valence-corrected chi connectivity index (χ4v) is 7.75. The summed E-state index contributed by atoms with van der Waals surface area (Å²) in [5, 5.41) is 14.8. The van der Waals surface area contributed by atoms with E-state index in [4.69, 9.17) is 9.47 Å². The van der Waals surface area contributed by atoms with Crippen molar-refractivity contribution in [1.29, 1.82) is 0 Å². The van der Waals surface area contributed by atoms with Crippen LogP contribution in [0.3, 0.4) is 0 Å². The second-order valence-corrected chi connectivity index (χ2v) is 15.2. The van der Waals surface area contributed by atoms with Crippen LogP contribution >= 0.6 is 11.3 Å². The summed E-state index contributed by atoms with van der Waals surface area (Å²) < 4.78 is 40.6. The molecule has 10 nitrogen and oxygen atoms in total. The summed E-state index contributed by atoms with van der Waals surface area (Å²) in [4.78, 5) is 28.7. The molecule has 3 aromatic rings. The molecule has 250 valence electrons. The number of amides is 2. The van der Waals surface area contributed by atoms with E-state index in [1.54, 1.807) is 54.6 Å². The highest BCUT2D eigenvalue weighted by Crippen LogP contribution is 2.29. The van der Waals surface area contributed by atoms with E-state index in [0.29, 0.717) is 18.0 Å². The number of hydrogen-bond donors (Lipinski definition) is 2. The molecule has 0 saturated carbocycles. The normalized spacial score (nSPS) is 20.8. The number of likely N-dealkylation sites (N-methyl/N-ethyl adjacent to an activating group) is 1. The highest BCUT2D eigenvalue weighted by molar-refractivity contribution is 7.91. The van der Waals surface area contributed by atoms with Crippen molar-refractivity contribution in [3.05, 3.63) is 77.2 Å². The number of hydrogen-bond acceptors (Lipinski definition) is 8. The van der Waals surface area contributed by atoms with E-state index >= 15 is 0 Å². The Morgan fingerprint density at radius 3 is 2.59 bits per heavy atom. The third-order valence-electron chi connectivity index (χ3n) is 8.14. The molecule has 2 N–H and O–H groups in total. The second-order valence-electron chi connectivity index (χ2n) is 11.9. The smallest absolute Gasteiger partial charge is 0.258 e. The van der Waals surface area contributed by atoms with Crippen molar-refractivity contribution in [3.8, 4) is 5.75 Å². The fourth-order valence-electron chi connectivity index (χ4n) is 5.36. The van der Waals surface area contributed by atoms with Crippen molar-refractivity contribution in [2.24, 2.45) is 5.92 Å². The van der Waals surface area contributed by atoms with Gasteiger partial charge in [0.25, 0.3) is 15.9 Å². The van der Waals surface area contributed by atoms with Crippen LogP contribution in [-0.4, -0.2) is 86.1 Å². The Balaban J connectivity index is 1.62. The van der Waals surface area contributed by atoms with Crippen molar-refractivity contribution in [1.82, 2.24) is 9.21 Å².